The standard InChI is InChI=1S/C21H28O3/c1-13(22)21(24)11-8-18-16-5-4-14-12-15(23)6-9-19(14,2)17(16)7-10-20(18,21)3/h4,6,9,16-18,24H,5,7-8,10-12H2,1-3H3/t16-,17+,18+,19+,20+,21+/m1/s1. The third-order valence-corrected chi connectivity index (χ3v) is 8.25. The van der Waals surface area contributed by atoms with Crippen molar-refractivity contribution < 1.29 is 14.7 Å². The molecular weight excluding hydrogens is 300 g/mol. The lowest BCUT2D eigenvalue weighted by molar-refractivity contribution is -0.157. The zero-order valence-electron chi connectivity index (χ0n) is 15.0. The molecule has 4 aliphatic rings. The molecule has 1 N–H and O–H groups in total. The highest BCUT2D eigenvalue weighted by Gasteiger charge is 2.64. The van der Waals surface area contributed by atoms with Gasteiger partial charge in [-0.05, 0) is 62.9 Å². The van der Waals surface area contributed by atoms with Crippen molar-refractivity contribution in [3.63, 3.8) is 0 Å². The molecule has 0 aromatic rings. The number of Topliss-reactive ketones (excluding diaryl/α,β-unsaturated/α-hetero) is 1. The molecular formula is C21H28O3. The summed E-state index contributed by atoms with van der Waals surface area (Å²) in [6.45, 7) is 5.98. The Morgan fingerprint density at radius 3 is 2.62 bits per heavy atom. The summed E-state index contributed by atoms with van der Waals surface area (Å²) in [7, 11) is 0. The minimum absolute atomic E-state index is 0.0188. The maximum absolute atomic E-state index is 12.2. The molecule has 0 unspecified atom stereocenters. The van der Waals surface area contributed by atoms with Crippen LogP contribution in [0.5, 0.6) is 0 Å². The summed E-state index contributed by atoms with van der Waals surface area (Å²) in [5, 5.41) is 11.1. The molecule has 130 valence electrons. The monoisotopic (exact) mass is 328 g/mol. The van der Waals surface area contributed by atoms with E-state index in [2.05, 4.69) is 26.0 Å². The minimum Gasteiger partial charge on any atom is -0.382 e. The highest BCUT2D eigenvalue weighted by Crippen LogP contribution is 2.66. The van der Waals surface area contributed by atoms with Crippen LogP contribution in [-0.4, -0.2) is 22.3 Å². The highest BCUT2D eigenvalue weighted by molar-refractivity contribution is 5.93. The molecule has 0 radical (unpaired) electrons. The highest BCUT2D eigenvalue weighted by atomic mass is 16.3. The molecule has 6 atom stereocenters. The fraction of sp³-hybridized carbons (Fsp3) is 0.714. The van der Waals surface area contributed by atoms with E-state index in [-0.39, 0.29) is 22.4 Å². The summed E-state index contributed by atoms with van der Waals surface area (Å²) in [6.07, 6.45) is 11.2. The van der Waals surface area contributed by atoms with Crippen LogP contribution < -0.4 is 0 Å². The maximum Gasteiger partial charge on any atom is 0.161 e. The molecule has 0 heterocycles. The number of allylic oxidation sites excluding steroid dienone is 4. The molecule has 4 rings (SSSR count). The van der Waals surface area contributed by atoms with Crippen LogP contribution in [0.15, 0.2) is 23.8 Å². The third kappa shape index (κ3) is 1.82. The van der Waals surface area contributed by atoms with Gasteiger partial charge in [-0.25, -0.2) is 0 Å². The van der Waals surface area contributed by atoms with Crippen molar-refractivity contribution in [3.8, 4) is 0 Å². The van der Waals surface area contributed by atoms with Crippen molar-refractivity contribution in [2.45, 2.75) is 64.9 Å². The van der Waals surface area contributed by atoms with Crippen LogP contribution in [-0.2, 0) is 9.59 Å². The Bertz CT molecular complexity index is 675. The van der Waals surface area contributed by atoms with Gasteiger partial charge in [0.15, 0.2) is 11.6 Å². The Balaban J connectivity index is 1.73. The van der Waals surface area contributed by atoms with Crippen LogP contribution in [0.25, 0.3) is 0 Å². The Kier molecular flexibility index (Phi) is 3.32. The first kappa shape index (κ1) is 16.3. The molecule has 0 aliphatic heterocycles. The predicted molar refractivity (Wildman–Crippen MR) is 92.2 cm³/mol. The lowest BCUT2D eigenvalue weighted by Gasteiger charge is -2.57. The lowest BCUT2D eigenvalue weighted by Crippen LogP contribution is -2.56. The predicted octanol–water partition coefficient (Wildman–Crippen LogP) is 3.61. The van der Waals surface area contributed by atoms with Gasteiger partial charge in [-0.3, -0.25) is 9.59 Å². The molecule has 0 amide bonds. The van der Waals surface area contributed by atoms with E-state index in [1.165, 1.54) is 5.57 Å². The quantitative estimate of drug-likeness (QED) is 0.748. The van der Waals surface area contributed by atoms with Gasteiger partial charge in [0.1, 0.15) is 5.60 Å². The zero-order chi connectivity index (χ0) is 17.3. The first-order chi connectivity index (χ1) is 11.2. The van der Waals surface area contributed by atoms with Gasteiger partial charge < -0.3 is 5.11 Å². The minimum atomic E-state index is -1.15. The van der Waals surface area contributed by atoms with Gasteiger partial charge in [0, 0.05) is 17.3 Å². The average molecular weight is 328 g/mol. The van der Waals surface area contributed by atoms with Crippen LogP contribution in [0.1, 0.15) is 59.3 Å². The van der Waals surface area contributed by atoms with Gasteiger partial charge in [-0.2, -0.15) is 0 Å². The number of rotatable bonds is 1. The van der Waals surface area contributed by atoms with E-state index in [0.29, 0.717) is 30.6 Å². The van der Waals surface area contributed by atoms with Gasteiger partial charge in [-0.15, -0.1) is 0 Å². The molecule has 0 spiro atoms. The SMILES string of the molecule is CC(=O)[C@@]1(O)CC[C@H]2[C@@H]3CC=C4CC(=O)C=C[C@]4(C)[C@H]3CC[C@@]21C. The van der Waals surface area contributed by atoms with Gasteiger partial charge in [0.25, 0.3) is 0 Å². The third-order valence-electron chi connectivity index (χ3n) is 8.25. The van der Waals surface area contributed by atoms with E-state index in [4.69, 9.17) is 0 Å². The van der Waals surface area contributed by atoms with E-state index in [0.717, 1.165) is 25.7 Å². The second-order valence-corrected chi connectivity index (χ2v) is 9.01. The van der Waals surface area contributed by atoms with Crippen LogP contribution >= 0.6 is 0 Å². The molecule has 3 nitrogen and oxygen atoms in total. The van der Waals surface area contributed by atoms with Crippen molar-refractivity contribution in [1.29, 1.82) is 0 Å². The summed E-state index contributed by atoms with van der Waals surface area (Å²) in [5.74, 6) is 1.57. The molecule has 24 heavy (non-hydrogen) atoms. The largest absolute Gasteiger partial charge is 0.382 e. The first-order valence-corrected chi connectivity index (χ1v) is 9.37. The average Bonchev–Trinajstić information content (AvgIpc) is 2.81. The summed E-state index contributed by atoms with van der Waals surface area (Å²) in [6, 6.07) is 0. The fourth-order valence-corrected chi connectivity index (χ4v) is 6.70. The number of carbonyl (C=O) groups excluding carboxylic acids is 2. The van der Waals surface area contributed by atoms with Crippen LogP contribution in [0, 0.1) is 28.6 Å². The molecule has 0 aromatic heterocycles. The van der Waals surface area contributed by atoms with E-state index < -0.39 is 5.60 Å². The summed E-state index contributed by atoms with van der Waals surface area (Å²) < 4.78 is 0. The number of hydrogen-bond acceptors (Lipinski definition) is 3. The van der Waals surface area contributed by atoms with Crippen molar-refractivity contribution in [2.75, 3.05) is 0 Å². The van der Waals surface area contributed by atoms with Gasteiger partial charge in [-0.1, -0.05) is 31.6 Å². The van der Waals surface area contributed by atoms with Crippen molar-refractivity contribution in [1.82, 2.24) is 0 Å². The molecule has 0 aromatic carbocycles. The fourth-order valence-electron chi connectivity index (χ4n) is 6.70. The van der Waals surface area contributed by atoms with Gasteiger partial charge in [0.2, 0.25) is 0 Å². The van der Waals surface area contributed by atoms with Crippen LogP contribution in [0.2, 0.25) is 0 Å². The van der Waals surface area contributed by atoms with Crippen molar-refractivity contribution in [3.05, 3.63) is 23.8 Å². The Morgan fingerprint density at radius 1 is 1.21 bits per heavy atom. The Morgan fingerprint density at radius 2 is 1.92 bits per heavy atom. The number of aliphatic hydroxyl groups is 1. The van der Waals surface area contributed by atoms with E-state index in [1.807, 2.05) is 0 Å². The number of carbonyl (C=O) groups is 2. The van der Waals surface area contributed by atoms with E-state index >= 15 is 0 Å². The molecule has 4 aliphatic carbocycles. The Hall–Kier alpha value is -1.22. The normalized spacial score (nSPS) is 49.9. The maximum atomic E-state index is 12.2. The summed E-state index contributed by atoms with van der Waals surface area (Å²) in [4.78, 5) is 24.0. The van der Waals surface area contributed by atoms with Crippen molar-refractivity contribution >= 4 is 11.6 Å². The molecule has 0 bridgehead atoms. The Labute approximate surface area is 144 Å². The first-order valence-electron chi connectivity index (χ1n) is 9.37. The number of fused-ring (bicyclic) bond motifs is 5. The van der Waals surface area contributed by atoms with Gasteiger partial charge in [0.05, 0.1) is 0 Å². The summed E-state index contributed by atoms with van der Waals surface area (Å²) in [5.41, 5.74) is -0.170. The lowest BCUT2D eigenvalue weighted by atomic mass is 9.48. The van der Waals surface area contributed by atoms with Gasteiger partial charge >= 0.3 is 0 Å². The second kappa shape index (κ2) is 4.91. The number of hydrogen-bond donors (Lipinski definition) is 1. The molecule has 0 saturated heterocycles. The van der Waals surface area contributed by atoms with Crippen LogP contribution in [0.3, 0.4) is 0 Å². The topological polar surface area (TPSA) is 54.4 Å². The molecule has 2 fully saturated rings. The van der Waals surface area contributed by atoms with E-state index in [9.17, 15) is 14.7 Å². The zero-order valence-corrected chi connectivity index (χ0v) is 15.0. The number of ketones is 2. The smallest absolute Gasteiger partial charge is 0.161 e. The molecule has 2 saturated carbocycles. The van der Waals surface area contributed by atoms with Crippen LogP contribution in [0.4, 0.5) is 0 Å². The molecule has 3 heteroatoms. The summed E-state index contributed by atoms with van der Waals surface area (Å²) >= 11 is 0. The van der Waals surface area contributed by atoms with E-state index in [1.54, 1.807) is 13.0 Å². The second-order valence-electron chi connectivity index (χ2n) is 9.01. The van der Waals surface area contributed by atoms with Crippen molar-refractivity contribution in [2.24, 2.45) is 28.6 Å².